The molecule has 2 rings (SSSR count). The quantitative estimate of drug-likeness (QED) is 0.853. The highest BCUT2D eigenvalue weighted by molar-refractivity contribution is 8.00. The molecule has 3 nitrogen and oxygen atoms in total. The van der Waals surface area contributed by atoms with Gasteiger partial charge < -0.3 is 10.1 Å². The van der Waals surface area contributed by atoms with Gasteiger partial charge in [0.25, 0.3) is 0 Å². The SMILES string of the molecule is COC(=O)C1(Nc2cccc(C)c2)CCSC1C. The van der Waals surface area contributed by atoms with E-state index >= 15 is 0 Å². The smallest absolute Gasteiger partial charge is 0.332 e. The molecule has 1 saturated heterocycles. The fourth-order valence-corrected chi connectivity index (χ4v) is 3.74. The van der Waals surface area contributed by atoms with Gasteiger partial charge in [-0.3, -0.25) is 0 Å². The number of hydrogen-bond donors (Lipinski definition) is 1. The summed E-state index contributed by atoms with van der Waals surface area (Å²) in [4.78, 5) is 12.1. The molecule has 98 valence electrons. The van der Waals surface area contributed by atoms with Crippen molar-refractivity contribution < 1.29 is 9.53 Å². The number of thioether (sulfide) groups is 1. The maximum atomic E-state index is 12.1. The Morgan fingerprint density at radius 1 is 1.56 bits per heavy atom. The van der Waals surface area contributed by atoms with Crippen LogP contribution in [-0.4, -0.2) is 29.6 Å². The Morgan fingerprint density at radius 2 is 2.33 bits per heavy atom. The zero-order valence-corrected chi connectivity index (χ0v) is 11.8. The highest BCUT2D eigenvalue weighted by Gasteiger charge is 2.48. The zero-order chi connectivity index (χ0) is 13.2. The molecule has 0 aromatic heterocycles. The average molecular weight is 265 g/mol. The number of carbonyl (C=O) groups is 1. The predicted octanol–water partition coefficient (Wildman–Crippen LogP) is 2.84. The molecule has 1 aliphatic heterocycles. The summed E-state index contributed by atoms with van der Waals surface area (Å²) in [5.41, 5.74) is 1.57. The molecule has 1 heterocycles. The molecule has 0 bridgehead atoms. The monoisotopic (exact) mass is 265 g/mol. The van der Waals surface area contributed by atoms with Crippen molar-refractivity contribution >= 4 is 23.4 Å². The van der Waals surface area contributed by atoms with E-state index in [-0.39, 0.29) is 11.2 Å². The van der Waals surface area contributed by atoms with Crippen LogP contribution in [0.2, 0.25) is 0 Å². The molecule has 1 N–H and O–H groups in total. The van der Waals surface area contributed by atoms with Crippen LogP contribution in [0.15, 0.2) is 24.3 Å². The molecule has 1 aromatic rings. The number of benzene rings is 1. The average Bonchev–Trinajstić information content (AvgIpc) is 2.71. The van der Waals surface area contributed by atoms with Gasteiger partial charge >= 0.3 is 5.97 Å². The van der Waals surface area contributed by atoms with Gasteiger partial charge in [0.05, 0.1) is 7.11 Å². The number of methoxy groups -OCH3 is 1. The van der Waals surface area contributed by atoms with Crippen molar-refractivity contribution in [2.75, 3.05) is 18.2 Å². The zero-order valence-electron chi connectivity index (χ0n) is 11.0. The summed E-state index contributed by atoms with van der Waals surface area (Å²) in [6, 6.07) is 8.09. The lowest BCUT2D eigenvalue weighted by atomic mass is 9.92. The van der Waals surface area contributed by atoms with E-state index in [0.717, 1.165) is 17.9 Å². The third-order valence-corrected chi connectivity index (χ3v) is 4.84. The van der Waals surface area contributed by atoms with Gasteiger partial charge in [-0.1, -0.05) is 19.1 Å². The first-order valence-electron chi connectivity index (χ1n) is 6.13. The number of hydrogen-bond acceptors (Lipinski definition) is 4. The molecular formula is C14H19NO2S. The number of nitrogens with one attached hydrogen (secondary N) is 1. The second-order valence-electron chi connectivity index (χ2n) is 4.72. The van der Waals surface area contributed by atoms with Gasteiger partial charge in [-0.05, 0) is 36.8 Å². The van der Waals surface area contributed by atoms with Crippen molar-refractivity contribution in [3.05, 3.63) is 29.8 Å². The Morgan fingerprint density at radius 3 is 2.89 bits per heavy atom. The van der Waals surface area contributed by atoms with Crippen LogP contribution in [0, 0.1) is 6.92 Å². The van der Waals surface area contributed by atoms with E-state index < -0.39 is 5.54 Å². The first-order chi connectivity index (χ1) is 8.58. The Kier molecular flexibility index (Phi) is 3.85. The summed E-state index contributed by atoms with van der Waals surface area (Å²) in [6.45, 7) is 4.13. The van der Waals surface area contributed by atoms with E-state index in [1.807, 2.05) is 36.9 Å². The van der Waals surface area contributed by atoms with E-state index in [1.54, 1.807) is 0 Å². The van der Waals surface area contributed by atoms with E-state index in [9.17, 15) is 4.79 Å². The molecule has 1 aliphatic rings. The minimum absolute atomic E-state index is 0.165. The lowest BCUT2D eigenvalue weighted by molar-refractivity contribution is -0.145. The van der Waals surface area contributed by atoms with E-state index in [2.05, 4.69) is 18.3 Å². The third kappa shape index (κ3) is 2.34. The highest BCUT2D eigenvalue weighted by atomic mass is 32.2. The molecule has 0 saturated carbocycles. The molecule has 0 aliphatic carbocycles. The normalized spacial score (nSPS) is 26.9. The minimum atomic E-state index is -0.590. The van der Waals surface area contributed by atoms with Crippen LogP contribution < -0.4 is 5.32 Å². The molecule has 4 heteroatoms. The summed E-state index contributed by atoms with van der Waals surface area (Å²) in [5, 5.41) is 3.61. The highest BCUT2D eigenvalue weighted by Crippen LogP contribution is 2.39. The van der Waals surface area contributed by atoms with Gasteiger partial charge in [0.1, 0.15) is 5.54 Å². The Hall–Kier alpha value is -1.16. The van der Waals surface area contributed by atoms with Crippen LogP contribution in [0.25, 0.3) is 0 Å². The second kappa shape index (κ2) is 5.22. The largest absolute Gasteiger partial charge is 0.467 e. The number of carbonyl (C=O) groups excluding carboxylic acids is 1. The molecule has 18 heavy (non-hydrogen) atoms. The van der Waals surface area contributed by atoms with E-state index in [4.69, 9.17) is 4.74 Å². The lowest BCUT2D eigenvalue weighted by Gasteiger charge is -2.32. The van der Waals surface area contributed by atoms with E-state index in [1.165, 1.54) is 12.7 Å². The molecule has 2 atom stereocenters. The van der Waals surface area contributed by atoms with Crippen molar-refractivity contribution in [1.82, 2.24) is 0 Å². The van der Waals surface area contributed by atoms with Gasteiger partial charge in [0.2, 0.25) is 0 Å². The van der Waals surface area contributed by atoms with Gasteiger partial charge in [-0.25, -0.2) is 4.79 Å². The maximum Gasteiger partial charge on any atom is 0.332 e. The predicted molar refractivity (Wildman–Crippen MR) is 76.1 cm³/mol. The first-order valence-corrected chi connectivity index (χ1v) is 7.18. The minimum Gasteiger partial charge on any atom is -0.467 e. The Labute approximate surface area is 112 Å². The number of aryl methyl sites for hydroxylation is 1. The van der Waals surface area contributed by atoms with Crippen molar-refractivity contribution in [3.63, 3.8) is 0 Å². The van der Waals surface area contributed by atoms with Crippen molar-refractivity contribution in [2.45, 2.75) is 31.1 Å². The summed E-state index contributed by atoms with van der Waals surface area (Å²) in [6.07, 6.45) is 0.805. The molecule has 1 fully saturated rings. The Bertz CT molecular complexity index is 449. The molecule has 1 aromatic carbocycles. The summed E-state index contributed by atoms with van der Waals surface area (Å²) >= 11 is 1.81. The van der Waals surface area contributed by atoms with Gasteiger partial charge in [-0.2, -0.15) is 11.8 Å². The molecule has 0 spiro atoms. The van der Waals surface area contributed by atoms with Crippen LogP contribution in [0.1, 0.15) is 18.9 Å². The summed E-state index contributed by atoms with van der Waals surface area (Å²) in [7, 11) is 1.46. The van der Waals surface area contributed by atoms with Crippen LogP contribution in [-0.2, 0) is 9.53 Å². The van der Waals surface area contributed by atoms with E-state index in [0.29, 0.717) is 0 Å². The molecule has 0 radical (unpaired) electrons. The second-order valence-corrected chi connectivity index (χ2v) is 6.17. The fraction of sp³-hybridized carbons (Fsp3) is 0.500. The van der Waals surface area contributed by atoms with Crippen molar-refractivity contribution in [2.24, 2.45) is 0 Å². The number of esters is 1. The lowest BCUT2D eigenvalue weighted by Crippen LogP contribution is -2.51. The number of rotatable bonds is 3. The van der Waals surface area contributed by atoms with Crippen molar-refractivity contribution in [1.29, 1.82) is 0 Å². The number of anilines is 1. The third-order valence-electron chi connectivity index (χ3n) is 3.49. The first kappa shape index (κ1) is 13.3. The van der Waals surface area contributed by atoms with Crippen LogP contribution >= 0.6 is 11.8 Å². The van der Waals surface area contributed by atoms with Gasteiger partial charge in [0, 0.05) is 10.9 Å². The van der Waals surface area contributed by atoms with Crippen molar-refractivity contribution in [3.8, 4) is 0 Å². The molecular weight excluding hydrogens is 246 g/mol. The molecule has 0 amide bonds. The molecule has 2 unspecified atom stereocenters. The summed E-state index contributed by atoms with van der Waals surface area (Å²) in [5.74, 6) is 0.816. The summed E-state index contributed by atoms with van der Waals surface area (Å²) < 4.78 is 5.00. The fourth-order valence-electron chi connectivity index (χ4n) is 2.39. The van der Waals surface area contributed by atoms with Crippen LogP contribution in [0.3, 0.4) is 0 Å². The Balaban J connectivity index is 2.29. The van der Waals surface area contributed by atoms with Gasteiger partial charge in [-0.15, -0.1) is 0 Å². The topological polar surface area (TPSA) is 38.3 Å². The van der Waals surface area contributed by atoms with Crippen LogP contribution in [0.4, 0.5) is 5.69 Å². The maximum absolute atomic E-state index is 12.1. The number of ether oxygens (including phenoxy) is 1. The van der Waals surface area contributed by atoms with Crippen LogP contribution in [0.5, 0.6) is 0 Å². The van der Waals surface area contributed by atoms with Gasteiger partial charge in [0.15, 0.2) is 0 Å². The standard InChI is InChI=1S/C14H19NO2S/c1-10-5-4-6-12(9-10)15-14(13(16)17-3)7-8-18-11(14)2/h4-6,9,11,15H,7-8H2,1-3H3.